The smallest absolute Gasteiger partial charge is 0.234 e. The van der Waals surface area contributed by atoms with Gasteiger partial charge in [-0.15, -0.1) is 10.2 Å². The van der Waals surface area contributed by atoms with Gasteiger partial charge in [0.15, 0.2) is 17.1 Å². The number of anilines is 1. The highest BCUT2D eigenvalue weighted by Gasteiger charge is 2.21. The molecular weight excluding hydrogens is 476 g/mol. The van der Waals surface area contributed by atoms with Crippen molar-refractivity contribution in [1.29, 1.82) is 0 Å². The summed E-state index contributed by atoms with van der Waals surface area (Å²) in [6.45, 7) is 11.3. The molecule has 3 rings (SSSR count). The summed E-state index contributed by atoms with van der Waals surface area (Å²) < 4.78 is 18.8. The lowest BCUT2D eigenvalue weighted by Crippen LogP contribution is -2.17. The van der Waals surface area contributed by atoms with Crippen molar-refractivity contribution in [2.75, 3.05) is 25.3 Å². The number of benzene rings is 2. The fourth-order valence-electron chi connectivity index (χ4n) is 3.65. The van der Waals surface area contributed by atoms with E-state index in [0.717, 1.165) is 18.1 Å². The van der Waals surface area contributed by atoms with Crippen LogP contribution in [-0.2, 0) is 11.3 Å². The molecule has 0 aliphatic heterocycles. The van der Waals surface area contributed by atoms with E-state index in [0.29, 0.717) is 34.2 Å². The predicted octanol–water partition coefficient (Wildman–Crippen LogP) is 5.95. The van der Waals surface area contributed by atoms with E-state index in [1.807, 2.05) is 23.6 Å². The average Bonchev–Trinajstić information content (AvgIpc) is 3.25. The molecule has 1 atom stereocenters. The van der Waals surface area contributed by atoms with Gasteiger partial charge in [-0.25, -0.2) is 0 Å². The Morgan fingerprint density at radius 2 is 1.67 bits per heavy atom. The molecule has 1 unspecified atom stereocenters. The number of methoxy groups -OCH3 is 2. The molecule has 8 nitrogen and oxygen atoms in total. The van der Waals surface area contributed by atoms with Crippen molar-refractivity contribution in [1.82, 2.24) is 14.8 Å². The van der Waals surface area contributed by atoms with E-state index in [2.05, 4.69) is 55.3 Å². The van der Waals surface area contributed by atoms with E-state index < -0.39 is 0 Å². The van der Waals surface area contributed by atoms with Gasteiger partial charge in [0.2, 0.25) is 5.91 Å². The molecule has 1 amide bonds. The average molecular weight is 513 g/mol. The van der Waals surface area contributed by atoms with Crippen molar-refractivity contribution in [3.8, 4) is 17.2 Å². The second-order valence-electron chi connectivity index (χ2n) is 9.23. The van der Waals surface area contributed by atoms with Gasteiger partial charge in [-0.1, -0.05) is 51.6 Å². The lowest BCUT2D eigenvalue weighted by atomic mass is 10.0. The number of carbonyl (C=O) groups excluding carboxylic acids is 1. The minimum atomic E-state index is -0.298. The Labute approximate surface area is 217 Å². The normalized spacial score (nSPS) is 12.0. The monoisotopic (exact) mass is 512 g/mol. The van der Waals surface area contributed by atoms with E-state index in [4.69, 9.17) is 14.2 Å². The number of hydrogen-bond donors (Lipinski definition) is 1. The van der Waals surface area contributed by atoms with Crippen LogP contribution in [0.2, 0.25) is 0 Å². The summed E-state index contributed by atoms with van der Waals surface area (Å²) in [6, 6.07) is 13.4. The fourth-order valence-corrected chi connectivity index (χ4v) is 4.41. The predicted molar refractivity (Wildman–Crippen MR) is 143 cm³/mol. The lowest BCUT2D eigenvalue weighted by Gasteiger charge is -2.18. The molecular formula is C27H36N4O4S. The number of nitrogens with zero attached hydrogens (tertiary/aromatic N) is 3. The van der Waals surface area contributed by atoms with Gasteiger partial charge in [0.05, 0.1) is 25.7 Å². The van der Waals surface area contributed by atoms with Crippen LogP contribution in [0.25, 0.3) is 0 Å². The molecule has 3 aromatic rings. The third-order valence-corrected chi connectivity index (χ3v) is 6.50. The first-order chi connectivity index (χ1) is 17.2. The molecule has 194 valence electrons. The SMILES string of the molecule is COc1ccc(NC(=O)CSc2nnc(C(C)Oc3ccc(C(C)C)cc3)n2CC(C)C)c(OC)c1. The highest BCUT2D eigenvalue weighted by atomic mass is 32.2. The summed E-state index contributed by atoms with van der Waals surface area (Å²) >= 11 is 1.34. The summed E-state index contributed by atoms with van der Waals surface area (Å²) in [5.41, 5.74) is 1.85. The minimum Gasteiger partial charge on any atom is -0.497 e. The van der Waals surface area contributed by atoms with E-state index in [9.17, 15) is 4.79 Å². The van der Waals surface area contributed by atoms with Crippen LogP contribution in [0, 0.1) is 5.92 Å². The molecule has 2 aromatic carbocycles. The van der Waals surface area contributed by atoms with Crippen LogP contribution in [0.3, 0.4) is 0 Å². The van der Waals surface area contributed by atoms with Gasteiger partial charge in [-0.2, -0.15) is 0 Å². The van der Waals surface area contributed by atoms with Gasteiger partial charge in [0.25, 0.3) is 0 Å². The van der Waals surface area contributed by atoms with Crippen molar-refractivity contribution in [2.45, 2.75) is 58.3 Å². The number of aromatic nitrogens is 3. The van der Waals surface area contributed by atoms with Crippen molar-refractivity contribution in [3.63, 3.8) is 0 Å². The molecule has 0 fully saturated rings. The zero-order valence-corrected chi connectivity index (χ0v) is 22.9. The van der Waals surface area contributed by atoms with E-state index >= 15 is 0 Å². The van der Waals surface area contributed by atoms with Gasteiger partial charge < -0.3 is 24.1 Å². The summed E-state index contributed by atoms with van der Waals surface area (Å²) in [6.07, 6.45) is -0.298. The molecule has 1 aromatic heterocycles. The Morgan fingerprint density at radius 1 is 0.972 bits per heavy atom. The molecule has 36 heavy (non-hydrogen) atoms. The molecule has 0 spiro atoms. The number of nitrogens with one attached hydrogen (secondary N) is 1. The Hall–Kier alpha value is -3.20. The number of carbonyl (C=O) groups is 1. The van der Waals surface area contributed by atoms with Gasteiger partial charge in [0.1, 0.15) is 17.2 Å². The molecule has 1 heterocycles. The second kappa shape index (κ2) is 12.7. The van der Waals surface area contributed by atoms with Crippen molar-refractivity contribution >= 4 is 23.4 Å². The Balaban J connectivity index is 1.69. The van der Waals surface area contributed by atoms with Gasteiger partial charge in [-0.3, -0.25) is 4.79 Å². The first kappa shape index (κ1) is 27.4. The summed E-state index contributed by atoms with van der Waals surface area (Å²) in [4.78, 5) is 12.7. The lowest BCUT2D eigenvalue weighted by molar-refractivity contribution is -0.113. The zero-order valence-electron chi connectivity index (χ0n) is 22.1. The fraction of sp³-hybridized carbons (Fsp3) is 0.444. The summed E-state index contributed by atoms with van der Waals surface area (Å²) in [7, 11) is 3.14. The topological polar surface area (TPSA) is 87.5 Å². The molecule has 0 radical (unpaired) electrons. The largest absolute Gasteiger partial charge is 0.497 e. The van der Waals surface area contributed by atoms with Gasteiger partial charge >= 0.3 is 0 Å². The summed E-state index contributed by atoms with van der Waals surface area (Å²) in [5, 5.41) is 12.4. The molecule has 0 bridgehead atoms. The molecule has 0 aliphatic carbocycles. The Bertz CT molecular complexity index is 1150. The summed E-state index contributed by atoms with van der Waals surface area (Å²) in [5.74, 6) is 3.55. The number of hydrogen-bond acceptors (Lipinski definition) is 7. The standard InChI is InChI=1S/C27H36N4O4S/c1-17(2)15-31-26(19(5)35-21-10-8-20(9-11-21)18(3)4)29-30-27(31)36-16-25(32)28-23-13-12-22(33-6)14-24(23)34-7/h8-14,17-19H,15-16H2,1-7H3,(H,28,32). The number of ether oxygens (including phenoxy) is 3. The molecule has 0 saturated carbocycles. The number of amides is 1. The molecule has 9 heteroatoms. The Morgan fingerprint density at radius 3 is 2.28 bits per heavy atom. The van der Waals surface area contributed by atoms with Crippen LogP contribution in [0.1, 0.15) is 58.0 Å². The first-order valence-electron chi connectivity index (χ1n) is 12.1. The molecule has 0 saturated heterocycles. The second-order valence-corrected chi connectivity index (χ2v) is 10.2. The van der Waals surface area contributed by atoms with Crippen molar-refractivity contribution in [2.24, 2.45) is 5.92 Å². The van der Waals surface area contributed by atoms with Crippen LogP contribution in [0.4, 0.5) is 5.69 Å². The van der Waals surface area contributed by atoms with Crippen LogP contribution in [-0.4, -0.2) is 40.6 Å². The quantitative estimate of drug-likeness (QED) is 0.300. The van der Waals surface area contributed by atoms with Crippen LogP contribution >= 0.6 is 11.8 Å². The van der Waals surface area contributed by atoms with E-state index in [-0.39, 0.29) is 17.8 Å². The maximum Gasteiger partial charge on any atom is 0.234 e. The van der Waals surface area contributed by atoms with Crippen molar-refractivity contribution in [3.05, 3.63) is 53.9 Å². The third-order valence-electron chi connectivity index (χ3n) is 5.53. The highest BCUT2D eigenvalue weighted by Crippen LogP contribution is 2.30. The van der Waals surface area contributed by atoms with E-state index in [1.54, 1.807) is 32.4 Å². The van der Waals surface area contributed by atoms with Crippen LogP contribution < -0.4 is 19.5 Å². The Kier molecular flexibility index (Phi) is 9.64. The minimum absolute atomic E-state index is 0.168. The third kappa shape index (κ3) is 7.16. The maximum absolute atomic E-state index is 12.7. The highest BCUT2D eigenvalue weighted by molar-refractivity contribution is 7.99. The number of rotatable bonds is 12. The molecule has 0 aliphatic rings. The van der Waals surface area contributed by atoms with Crippen molar-refractivity contribution < 1.29 is 19.0 Å². The van der Waals surface area contributed by atoms with Gasteiger partial charge in [-0.05, 0) is 48.6 Å². The number of thioether (sulfide) groups is 1. The van der Waals surface area contributed by atoms with Gasteiger partial charge in [0, 0.05) is 12.6 Å². The van der Waals surface area contributed by atoms with E-state index in [1.165, 1.54) is 17.3 Å². The maximum atomic E-state index is 12.7. The zero-order chi connectivity index (χ0) is 26.2. The van der Waals surface area contributed by atoms with Crippen LogP contribution in [0.15, 0.2) is 47.6 Å². The van der Waals surface area contributed by atoms with Crippen LogP contribution in [0.5, 0.6) is 17.2 Å². The first-order valence-corrected chi connectivity index (χ1v) is 13.0. The molecule has 1 N–H and O–H groups in total.